The van der Waals surface area contributed by atoms with E-state index in [1.807, 2.05) is 0 Å². The Bertz CT molecular complexity index is 386. The van der Waals surface area contributed by atoms with Gasteiger partial charge in [0.15, 0.2) is 0 Å². The fourth-order valence-electron chi connectivity index (χ4n) is 0.807. The molecule has 0 saturated carbocycles. The third-order valence-electron chi connectivity index (χ3n) is 1.42. The Kier molecular flexibility index (Phi) is 2.94. The monoisotopic (exact) mass is 267 g/mol. The van der Waals surface area contributed by atoms with E-state index in [1.165, 1.54) is 0 Å². The summed E-state index contributed by atoms with van der Waals surface area (Å²) in [6.45, 7) is 0. The van der Waals surface area contributed by atoms with Crippen LogP contribution in [0.15, 0.2) is 10.5 Å². The van der Waals surface area contributed by atoms with Crippen molar-refractivity contribution < 1.29 is 13.7 Å². The second-order valence-electron chi connectivity index (χ2n) is 2.33. The molecule has 0 atom stereocenters. The Morgan fingerprint density at radius 2 is 2.21 bits per heavy atom. The molecule has 0 fully saturated rings. The van der Waals surface area contributed by atoms with Crippen LogP contribution in [0.1, 0.15) is 12.0 Å². The highest BCUT2D eigenvalue weighted by Gasteiger charge is 2.22. The lowest BCUT2D eigenvalue weighted by Crippen LogP contribution is -2.01. The van der Waals surface area contributed by atoms with Crippen LogP contribution in [0.25, 0.3) is 0 Å². The van der Waals surface area contributed by atoms with E-state index in [-0.39, 0.29) is 10.3 Å². The lowest BCUT2D eigenvalue weighted by molar-refractivity contribution is -0.389. The molecule has 0 aliphatic heterocycles. The standard InChI is InChI=1S/C6H4BrF2N3O2/c7-4-2(5(8)9)1-3(12(13)14)11-6(4)10/h1,5H,(H2,10,11). The van der Waals surface area contributed by atoms with Crippen LogP contribution in [-0.2, 0) is 0 Å². The summed E-state index contributed by atoms with van der Waals surface area (Å²) in [6.07, 6.45) is -2.84. The van der Waals surface area contributed by atoms with E-state index in [0.717, 1.165) is 0 Å². The molecule has 0 aromatic carbocycles. The molecule has 0 radical (unpaired) electrons. The molecule has 0 aliphatic carbocycles. The summed E-state index contributed by atoms with van der Waals surface area (Å²) in [5.41, 5.74) is 4.66. The molecule has 0 unspecified atom stereocenters. The predicted molar refractivity (Wildman–Crippen MR) is 48.0 cm³/mol. The first kappa shape index (κ1) is 10.8. The summed E-state index contributed by atoms with van der Waals surface area (Å²) in [6, 6.07) is 0.686. The van der Waals surface area contributed by atoms with Gasteiger partial charge in [0.25, 0.3) is 12.2 Å². The van der Waals surface area contributed by atoms with Gasteiger partial charge in [0.1, 0.15) is 0 Å². The zero-order valence-electron chi connectivity index (χ0n) is 6.58. The van der Waals surface area contributed by atoms with Gasteiger partial charge in [-0.2, -0.15) is 0 Å². The summed E-state index contributed by atoms with van der Waals surface area (Å²) < 4.78 is 24.5. The SMILES string of the molecule is Nc1nc([N+](=O)[O-])cc(C(F)F)c1Br. The number of nitrogens with zero attached hydrogens (tertiary/aromatic N) is 2. The van der Waals surface area contributed by atoms with E-state index in [4.69, 9.17) is 5.73 Å². The van der Waals surface area contributed by atoms with E-state index in [9.17, 15) is 18.9 Å². The molecular weight excluding hydrogens is 264 g/mol. The maximum Gasteiger partial charge on any atom is 0.366 e. The highest BCUT2D eigenvalue weighted by atomic mass is 79.9. The molecule has 1 rings (SSSR count). The summed E-state index contributed by atoms with van der Waals surface area (Å²) in [7, 11) is 0. The molecule has 0 aliphatic rings. The topological polar surface area (TPSA) is 82.0 Å². The summed E-state index contributed by atoms with van der Waals surface area (Å²) in [5.74, 6) is -1.02. The lowest BCUT2D eigenvalue weighted by atomic mass is 10.2. The van der Waals surface area contributed by atoms with Crippen molar-refractivity contribution in [2.45, 2.75) is 6.43 Å². The Balaban J connectivity index is 3.35. The average Bonchev–Trinajstić information content (AvgIpc) is 2.08. The third kappa shape index (κ3) is 1.95. The van der Waals surface area contributed by atoms with Crippen LogP contribution in [0.2, 0.25) is 0 Å². The number of rotatable bonds is 2. The molecule has 1 aromatic heterocycles. The number of nitrogens with two attached hydrogens (primary N) is 1. The van der Waals surface area contributed by atoms with E-state index in [2.05, 4.69) is 20.9 Å². The maximum atomic E-state index is 12.3. The molecule has 1 heterocycles. The summed E-state index contributed by atoms with van der Waals surface area (Å²) in [5, 5.41) is 10.3. The van der Waals surface area contributed by atoms with Crippen LogP contribution >= 0.6 is 15.9 Å². The predicted octanol–water partition coefficient (Wildman–Crippen LogP) is 2.27. The van der Waals surface area contributed by atoms with Crippen LogP contribution in [0.3, 0.4) is 0 Å². The smallest absolute Gasteiger partial charge is 0.362 e. The Hall–Kier alpha value is -1.31. The molecule has 5 nitrogen and oxygen atoms in total. The molecule has 0 amide bonds. The van der Waals surface area contributed by atoms with E-state index < -0.39 is 22.7 Å². The minimum Gasteiger partial charge on any atom is -0.362 e. The van der Waals surface area contributed by atoms with E-state index in [0.29, 0.717) is 6.07 Å². The number of aromatic nitrogens is 1. The van der Waals surface area contributed by atoms with Crippen molar-refractivity contribution >= 4 is 27.6 Å². The largest absolute Gasteiger partial charge is 0.366 e. The van der Waals surface area contributed by atoms with Crippen molar-refractivity contribution in [2.24, 2.45) is 0 Å². The Morgan fingerprint density at radius 1 is 1.64 bits per heavy atom. The number of nitro groups is 1. The molecule has 0 saturated heterocycles. The number of pyridine rings is 1. The van der Waals surface area contributed by atoms with Crippen LogP contribution in [0, 0.1) is 10.1 Å². The third-order valence-corrected chi connectivity index (χ3v) is 2.28. The Labute approximate surface area is 85.2 Å². The maximum absolute atomic E-state index is 12.3. The second kappa shape index (κ2) is 3.82. The van der Waals surface area contributed by atoms with E-state index >= 15 is 0 Å². The van der Waals surface area contributed by atoms with Crippen molar-refractivity contribution in [1.82, 2.24) is 4.98 Å². The van der Waals surface area contributed by atoms with Gasteiger partial charge in [-0.15, -0.1) is 0 Å². The van der Waals surface area contributed by atoms with Crippen LogP contribution < -0.4 is 5.73 Å². The lowest BCUT2D eigenvalue weighted by Gasteiger charge is -2.02. The van der Waals surface area contributed by atoms with Crippen molar-refractivity contribution in [2.75, 3.05) is 5.73 Å². The highest BCUT2D eigenvalue weighted by molar-refractivity contribution is 9.10. The van der Waals surface area contributed by atoms with Gasteiger partial charge in [0.05, 0.1) is 4.47 Å². The fourth-order valence-corrected chi connectivity index (χ4v) is 1.18. The first-order valence-electron chi connectivity index (χ1n) is 3.32. The first-order valence-corrected chi connectivity index (χ1v) is 4.11. The van der Waals surface area contributed by atoms with Gasteiger partial charge < -0.3 is 15.8 Å². The molecule has 2 N–H and O–H groups in total. The molecule has 0 bridgehead atoms. The fraction of sp³-hybridized carbons (Fsp3) is 0.167. The average molecular weight is 268 g/mol. The van der Waals surface area contributed by atoms with Crippen LogP contribution in [-0.4, -0.2) is 9.91 Å². The summed E-state index contributed by atoms with van der Waals surface area (Å²) >= 11 is 2.77. The molecule has 0 spiro atoms. The van der Waals surface area contributed by atoms with Crippen LogP contribution in [0.5, 0.6) is 0 Å². The molecular formula is C6H4BrF2N3O2. The Morgan fingerprint density at radius 3 is 2.64 bits per heavy atom. The summed E-state index contributed by atoms with van der Waals surface area (Å²) in [4.78, 5) is 12.7. The molecule has 14 heavy (non-hydrogen) atoms. The number of alkyl halides is 2. The number of nitrogen functional groups attached to an aromatic ring is 1. The number of hydrogen-bond donors (Lipinski definition) is 1. The minimum atomic E-state index is -2.84. The van der Waals surface area contributed by atoms with Crippen molar-refractivity contribution in [3.8, 4) is 0 Å². The normalized spacial score (nSPS) is 10.6. The highest BCUT2D eigenvalue weighted by Crippen LogP contribution is 2.32. The zero-order chi connectivity index (χ0) is 10.9. The zero-order valence-corrected chi connectivity index (χ0v) is 8.16. The number of anilines is 1. The van der Waals surface area contributed by atoms with Crippen molar-refractivity contribution in [3.63, 3.8) is 0 Å². The van der Waals surface area contributed by atoms with Crippen molar-refractivity contribution in [3.05, 3.63) is 26.2 Å². The molecule has 8 heteroatoms. The van der Waals surface area contributed by atoms with Crippen LogP contribution in [0.4, 0.5) is 20.4 Å². The minimum absolute atomic E-state index is 0.113. The van der Waals surface area contributed by atoms with Gasteiger partial charge in [-0.25, -0.2) is 8.78 Å². The van der Waals surface area contributed by atoms with Gasteiger partial charge in [0, 0.05) is 11.6 Å². The van der Waals surface area contributed by atoms with Gasteiger partial charge in [-0.3, -0.25) is 0 Å². The van der Waals surface area contributed by atoms with Gasteiger partial charge in [-0.1, -0.05) is 0 Å². The second-order valence-corrected chi connectivity index (χ2v) is 3.12. The number of halogens is 3. The van der Waals surface area contributed by atoms with Gasteiger partial charge in [-0.05, 0) is 25.8 Å². The van der Waals surface area contributed by atoms with Crippen molar-refractivity contribution in [1.29, 1.82) is 0 Å². The quantitative estimate of drug-likeness (QED) is 0.658. The van der Waals surface area contributed by atoms with E-state index in [1.54, 1.807) is 0 Å². The van der Waals surface area contributed by atoms with Gasteiger partial charge in [0.2, 0.25) is 0 Å². The first-order chi connectivity index (χ1) is 6.43. The molecule has 1 aromatic rings. The molecule has 76 valence electrons. The number of hydrogen-bond acceptors (Lipinski definition) is 4. The van der Waals surface area contributed by atoms with Gasteiger partial charge >= 0.3 is 5.82 Å².